The molecule has 0 radical (unpaired) electrons. The van der Waals surface area contributed by atoms with Gasteiger partial charge >= 0.3 is 0 Å². The normalized spacial score (nSPS) is 22.6. The van der Waals surface area contributed by atoms with Crippen molar-refractivity contribution >= 4 is 17.2 Å². The summed E-state index contributed by atoms with van der Waals surface area (Å²) in [7, 11) is 0. The van der Waals surface area contributed by atoms with E-state index in [2.05, 4.69) is 26.3 Å². The van der Waals surface area contributed by atoms with E-state index < -0.39 is 0 Å². The molecule has 4 rings (SSSR count). The predicted octanol–water partition coefficient (Wildman–Crippen LogP) is 3.80. The lowest BCUT2D eigenvalue weighted by molar-refractivity contribution is -0.126. The number of piperidine rings is 1. The van der Waals surface area contributed by atoms with E-state index in [0.29, 0.717) is 5.92 Å². The van der Waals surface area contributed by atoms with E-state index in [1.165, 1.54) is 18.4 Å². The summed E-state index contributed by atoms with van der Waals surface area (Å²) in [6, 6.07) is 4.17. The molecule has 1 saturated carbocycles. The Morgan fingerprint density at radius 3 is 2.89 bits per heavy atom. The zero-order valence-electron chi connectivity index (χ0n) is 15.7. The van der Waals surface area contributed by atoms with Crippen molar-refractivity contribution < 1.29 is 4.79 Å². The van der Waals surface area contributed by atoms with E-state index in [1.54, 1.807) is 11.3 Å². The van der Waals surface area contributed by atoms with Crippen LogP contribution in [0.4, 0.5) is 0 Å². The molecule has 27 heavy (non-hydrogen) atoms. The molecule has 2 aromatic heterocycles. The van der Waals surface area contributed by atoms with Crippen LogP contribution in [0.5, 0.6) is 0 Å². The molecule has 2 aromatic rings. The Morgan fingerprint density at radius 2 is 2.15 bits per heavy atom. The number of thiazole rings is 1. The lowest BCUT2D eigenvalue weighted by Crippen LogP contribution is -2.43. The van der Waals surface area contributed by atoms with E-state index in [-0.39, 0.29) is 17.9 Å². The van der Waals surface area contributed by atoms with Crippen molar-refractivity contribution in [2.75, 3.05) is 13.1 Å². The van der Waals surface area contributed by atoms with Crippen LogP contribution in [0.15, 0.2) is 36.1 Å². The van der Waals surface area contributed by atoms with E-state index in [1.807, 2.05) is 30.0 Å². The summed E-state index contributed by atoms with van der Waals surface area (Å²) < 4.78 is 0. The van der Waals surface area contributed by atoms with Crippen LogP contribution in [0.2, 0.25) is 0 Å². The molecule has 5 nitrogen and oxygen atoms in total. The maximum Gasteiger partial charge on any atom is 0.223 e. The van der Waals surface area contributed by atoms with Crippen molar-refractivity contribution in [2.24, 2.45) is 11.8 Å². The fourth-order valence-corrected chi connectivity index (χ4v) is 5.27. The third-order valence-corrected chi connectivity index (χ3v) is 6.74. The number of likely N-dealkylation sites (tertiary alicyclic amines) is 1. The van der Waals surface area contributed by atoms with E-state index >= 15 is 0 Å². The van der Waals surface area contributed by atoms with E-state index in [0.717, 1.165) is 50.3 Å². The standard InChI is InChI=1S/C21H28N4OS/c26-20(17-6-1-2-7-17)24-19(21-23-10-12-27-21)18-8-4-11-25(15-18)14-16-5-3-9-22-13-16/h3,5,9-10,12-13,17-19H,1-2,4,6-8,11,14-15H2,(H,24,26). The largest absolute Gasteiger partial charge is 0.346 e. The summed E-state index contributed by atoms with van der Waals surface area (Å²) in [6.45, 7) is 3.02. The van der Waals surface area contributed by atoms with Gasteiger partial charge in [0.25, 0.3) is 0 Å². The Bertz CT molecular complexity index is 715. The van der Waals surface area contributed by atoms with Crippen LogP contribution in [-0.4, -0.2) is 33.9 Å². The monoisotopic (exact) mass is 384 g/mol. The number of aromatic nitrogens is 2. The molecule has 2 aliphatic rings. The molecule has 0 aromatic carbocycles. The van der Waals surface area contributed by atoms with Gasteiger partial charge in [0.1, 0.15) is 5.01 Å². The SMILES string of the molecule is O=C(NC(c1nccs1)C1CCCN(Cc2cccnc2)C1)C1CCCC1. The van der Waals surface area contributed by atoms with Gasteiger partial charge in [-0.1, -0.05) is 18.9 Å². The number of amides is 1. The Labute approximate surface area is 165 Å². The van der Waals surface area contributed by atoms with E-state index in [9.17, 15) is 4.79 Å². The minimum absolute atomic E-state index is 0.0369. The van der Waals surface area contributed by atoms with Crippen LogP contribution in [0.1, 0.15) is 55.1 Å². The quantitative estimate of drug-likeness (QED) is 0.823. The molecule has 2 unspecified atom stereocenters. The molecule has 2 atom stereocenters. The summed E-state index contributed by atoms with van der Waals surface area (Å²) in [5.74, 6) is 0.839. The van der Waals surface area contributed by atoms with Crippen LogP contribution < -0.4 is 5.32 Å². The summed E-state index contributed by atoms with van der Waals surface area (Å²) in [4.78, 5) is 24.1. The summed E-state index contributed by atoms with van der Waals surface area (Å²) in [6.07, 6.45) is 12.4. The zero-order valence-corrected chi connectivity index (χ0v) is 16.5. The molecular weight excluding hydrogens is 356 g/mol. The average molecular weight is 385 g/mol. The predicted molar refractivity (Wildman–Crippen MR) is 107 cm³/mol. The second-order valence-corrected chi connectivity index (χ2v) is 8.76. The third kappa shape index (κ3) is 4.74. The Balaban J connectivity index is 1.45. The molecule has 2 fully saturated rings. The van der Waals surface area contributed by atoms with Crippen LogP contribution >= 0.6 is 11.3 Å². The van der Waals surface area contributed by atoms with Gasteiger partial charge < -0.3 is 5.32 Å². The smallest absolute Gasteiger partial charge is 0.223 e. The molecule has 0 bridgehead atoms. The second-order valence-electron chi connectivity index (χ2n) is 7.84. The van der Waals surface area contributed by atoms with Crippen molar-refractivity contribution in [3.05, 3.63) is 46.7 Å². The second kappa shape index (κ2) is 8.93. The number of carbonyl (C=O) groups excluding carboxylic acids is 1. The fourth-order valence-electron chi connectivity index (χ4n) is 4.49. The van der Waals surface area contributed by atoms with E-state index in [4.69, 9.17) is 0 Å². The van der Waals surface area contributed by atoms with Crippen molar-refractivity contribution in [2.45, 2.75) is 51.1 Å². The third-order valence-electron chi connectivity index (χ3n) is 5.88. The highest BCUT2D eigenvalue weighted by atomic mass is 32.1. The topological polar surface area (TPSA) is 58.1 Å². The van der Waals surface area contributed by atoms with Crippen LogP contribution in [0.25, 0.3) is 0 Å². The molecular formula is C21H28N4OS. The fraction of sp³-hybridized carbons (Fsp3) is 0.571. The number of hydrogen-bond acceptors (Lipinski definition) is 5. The van der Waals surface area contributed by atoms with Crippen molar-refractivity contribution in [3.8, 4) is 0 Å². The number of carbonyl (C=O) groups is 1. The van der Waals surface area contributed by atoms with Gasteiger partial charge in [-0.3, -0.25) is 14.7 Å². The number of pyridine rings is 1. The number of nitrogens with one attached hydrogen (secondary N) is 1. The maximum absolute atomic E-state index is 12.8. The van der Waals surface area contributed by atoms with Gasteiger partial charge in [-0.15, -0.1) is 11.3 Å². The minimum Gasteiger partial charge on any atom is -0.346 e. The Morgan fingerprint density at radius 1 is 1.26 bits per heavy atom. The first-order chi connectivity index (χ1) is 13.3. The number of hydrogen-bond donors (Lipinski definition) is 1. The van der Waals surface area contributed by atoms with Crippen molar-refractivity contribution in [3.63, 3.8) is 0 Å². The summed E-state index contributed by atoms with van der Waals surface area (Å²) in [5.41, 5.74) is 1.25. The first-order valence-electron chi connectivity index (χ1n) is 10.1. The molecule has 0 spiro atoms. The van der Waals surface area contributed by atoms with Crippen LogP contribution in [0, 0.1) is 11.8 Å². The average Bonchev–Trinajstić information content (AvgIpc) is 3.41. The lowest BCUT2D eigenvalue weighted by atomic mass is 9.90. The maximum atomic E-state index is 12.8. The molecule has 144 valence electrons. The number of nitrogens with zero attached hydrogens (tertiary/aromatic N) is 3. The van der Waals surface area contributed by atoms with Crippen molar-refractivity contribution in [1.29, 1.82) is 0 Å². The highest BCUT2D eigenvalue weighted by molar-refractivity contribution is 7.09. The lowest BCUT2D eigenvalue weighted by Gasteiger charge is -2.37. The molecule has 1 N–H and O–H groups in total. The van der Waals surface area contributed by atoms with Gasteiger partial charge in [0.2, 0.25) is 5.91 Å². The van der Waals surface area contributed by atoms with Crippen LogP contribution in [-0.2, 0) is 11.3 Å². The number of rotatable bonds is 6. The van der Waals surface area contributed by atoms with Gasteiger partial charge in [0.15, 0.2) is 0 Å². The van der Waals surface area contributed by atoms with Gasteiger partial charge in [-0.05, 0) is 49.8 Å². The molecule has 1 aliphatic carbocycles. The van der Waals surface area contributed by atoms with Gasteiger partial charge in [0, 0.05) is 43.0 Å². The van der Waals surface area contributed by atoms with Crippen LogP contribution in [0.3, 0.4) is 0 Å². The first-order valence-corrected chi connectivity index (χ1v) is 11.0. The highest BCUT2D eigenvalue weighted by Crippen LogP contribution is 2.33. The van der Waals surface area contributed by atoms with Gasteiger partial charge in [-0.2, -0.15) is 0 Å². The van der Waals surface area contributed by atoms with Gasteiger partial charge in [0.05, 0.1) is 6.04 Å². The summed E-state index contributed by atoms with van der Waals surface area (Å²) in [5, 5.41) is 6.45. The Kier molecular flexibility index (Phi) is 6.14. The summed E-state index contributed by atoms with van der Waals surface area (Å²) >= 11 is 1.66. The molecule has 3 heterocycles. The Hall–Kier alpha value is -1.79. The minimum atomic E-state index is 0.0369. The van der Waals surface area contributed by atoms with Gasteiger partial charge in [-0.25, -0.2) is 4.98 Å². The highest BCUT2D eigenvalue weighted by Gasteiger charge is 2.33. The molecule has 6 heteroatoms. The molecule has 1 saturated heterocycles. The first kappa shape index (κ1) is 18.6. The molecule has 1 amide bonds. The zero-order chi connectivity index (χ0) is 18.5. The van der Waals surface area contributed by atoms with Crippen molar-refractivity contribution in [1.82, 2.24) is 20.2 Å². The molecule has 1 aliphatic heterocycles.